The molecule has 3 aromatic rings. The Morgan fingerprint density at radius 2 is 1.36 bits per heavy atom. The van der Waals surface area contributed by atoms with E-state index < -0.39 is 0 Å². The van der Waals surface area contributed by atoms with Gasteiger partial charge in [0.2, 0.25) is 11.8 Å². The fourth-order valence-electron chi connectivity index (χ4n) is 2.37. The molecule has 0 aliphatic rings. The van der Waals surface area contributed by atoms with Crippen LogP contribution in [0.4, 0.5) is 0 Å². The lowest BCUT2D eigenvalue weighted by Gasteiger charge is -2.18. The molecule has 3 nitrogen and oxygen atoms in total. The molecule has 0 saturated heterocycles. The predicted molar refractivity (Wildman–Crippen MR) is 99.6 cm³/mol. The summed E-state index contributed by atoms with van der Waals surface area (Å²) in [6.45, 7) is 6.55. The molecule has 0 aliphatic carbocycles. The normalized spacial score (nSPS) is 10.6. The van der Waals surface area contributed by atoms with Crippen molar-refractivity contribution >= 4 is 0 Å². The number of aromatic nitrogens is 2. The van der Waals surface area contributed by atoms with Crippen LogP contribution in [0, 0.1) is 24.2 Å². The number of benzene rings is 2. The first-order valence-electron chi connectivity index (χ1n) is 7.99. The Kier molecular flexibility index (Phi) is 4.42. The molecular formula is C22H18N2O. The smallest absolute Gasteiger partial charge is 0.248 e. The van der Waals surface area contributed by atoms with Crippen LogP contribution >= 0.6 is 0 Å². The Morgan fingerprint density at radius 3 is 1.84 bits per heavy atom. The second-order valence-corrected chi connectivity index (χ2v) is 6.71. The summed E-state index contributed by atoms with van der Waals surface area (Å²) < 4.78 is 5.81. The lowest BCUT2D eigenvalue weighted by Crippen LogP contribution is -2.10. The van der Waals surface area contributed by atoms with Gasteiger partial charge < -0.3 is 4.42 Å². The van der Waals surface area contributed by atoms with E-state index in [1.165, 1.54) is 5.56 Å². The minimum Gasteiger partial charge on any atom is -0.416 e. The van der Waals surface area contributed by atoms with Crippen molar-refractivity contribution in [2.75, 3.05) is 0 Å². The van der Waals surface area contributed by atoms with Crippen molar-refractivity contribution in [3.63, 3.8) is 0 Å². The Balaban J connectivity index is 1.84. The zero-order valence-electron chi connectivity index (χ0n) is 14.5. The molecule has 3 heteroatoms. The topological polar surface area (TPSA) is 38.9 Å². The van der Waals surface area contributed by atoms with Gasteiger partial charge in [0.25, 0.3) is 0 Å². The molecule has 0 unspecified atom stereocenters. The first-order chi connectivity index (χ1) is 12.0. The number of rotatable bonds is 2. The van der Waals surface area contributed by atoms with Gasteiger partial charge in [-0.3, -0.25) is 0 Å². The van der Waals surface area contributed by atoms with E-state index in [2.05, 4.69) is 60.9 Å². The molecule has 1 heterocycles. The third-order valence-corrected chi connectivity index (χ3v) is 3.83. The maximum Gasteiger partial charge on any atom is 0.248 e. The van der Waals surface area contributed by atoms with Crippen LogP contribution in [0.25, 0.3) is 22.9 Å². The van der Waals surface area contributed by atoms with Gasteiger partial charge in [-0.05, 0) is 59.2 Å². The van der Waals surface area contributed by atoms with Crippen molar-refractivity contribution < 1.29 is 4.42 Å². The predicted octanol–water partition coefficient (Wildman–Crippen LogP) is 4.69. The third kappa shape index (κ3) is 3.79. The molecular weight excluding hydrogens is 308 g/mol. The number of terminal acetylenes is 1. The van der Waals surface area contributed by atoms with Gasteiger partial charge in [0.1, 0.15) is 0 Å². The van der Waals surface area contributed by atoms with Gasteiger partial charge >= 0.3 is 0 Å². The van der Waals surface area contributed by atoms with Crippen LogP contribution in [0.3, 0.4) is 0 Å². The number of hydrogen-bond acceptors (Lipinski definition) is 3. The number of nitrogens with zero attached hydrogens (tertiary/aromatic N) is 2. The van der Waals surface area contributed by atoms with Gasteiger partial charge in [-0.15, -0.1) is 16.6 Å². The molecule has 0 saturated carbocycles. The fourth-order valence-corrected chi connectivity index (χ4v) is 2.37. The highest BCUT2D eigenvalue weighted by molar-refractivity contribution is 5.59. The molecule has 0 radical (unpaired) electrons. The Hall–Kier alpha value is -3.30. The lowest BCUT2D eigenvalue weighted by atomic mass is 9.87. The van der Waals surface area contributed by atoms with E-state index in [4.69, 9.17) is 10.8 Å². The molecule has 0 fully saturated rings. The SMILES string of the molecule is C#CC#Cc1ccc(-c2nnc(-c3ccc(C(C)(C)C)cc3)o2)cc1. The molecule has 3 rings (SSSR count). The van der Waals surface area contributed by atoms with Crippen molar-refractivity contribution in [2.45, 2.75) is 26.2 Å². The van der Waals surface area contributed by atoms with Crippen molar-refractivity contribution in [2.24, 2.45) is 0 Å². The summed E-state index contributed by atoms with van der Waals surface area (Å²) >= 11 is 0. The molecule has 25 heavy (non-hydrogen) atoms. The van der Waals surface area contributed by atoms with Crippen molar-refractivity contribution in [1.82, 2.24) is 10.2 Å². The first-order valence-corrected chi connectivity index (χ1v) is 7.99. The zero-order valence-corrected chi connectivity index (χ0v) is 14.5. The Bertz CT molecular complexity index is 970. The summed E-state index contributed by atoms with van der Waals surface area (Å²) in [4.78, 5) is 0. The minimum absolute atomic E-state index is 0.114. The maximum atomic E-state index is 5.81. The highest BCUT2D eigenvalue weighted by Crippen LogP contribution is 2.27. The summed E-state index contributed by atoms with van der Waals surface area (Å²) in [6, 6.07) is 15.7. The van der Waals surface area contributed by atoms with Crippen LogP contribution < -0.4 is 0 Å². The third-order valence-electron chi connectivity index (χ3n) is 3.83. The Labute approximate surface area is 148 Å². The van der Waals surface area contributed by atoms with Crippen LogP contribution in [0.15, 0.2) is 52.9 Å². The molecule has 122 valence electrons. The van der Waals surface area contributed by atoms with E-state index in [1.807, 2.05) is 36.4 Å². The van der Waals surface area contributed by atoms with Gasteiger partial charge in [0, 0.05) is 16.7 Å². The zero-order chi connectivity index (χ0) is 17.9. The average molecular weight is 326 g/mol. The molecule has 0 amide bonds. The van der Waals surface area contributed by atoms with Crippen LogP contribution in [0.2, 0.25) is 0 Å². The van der Waals surface area contributed by atoms with E-state index in [0.717, 1.165) is 16.7 Å². The molecule has 0 aliphatic heterocycles. The minimum atomic E-state index is 0.114. The van der Waals surface area contributed by atoms with Gasteiger partial charge in [0.05, 0.1) is 0 Å². The summed E-state index contributed by atoms with van der Waals surface area (Å²) in [7, 11) is 0. The largest absolute Gasteiger partial charge is 0.416 e. The van der Waals surface area contributed by atoms with Crippen molar-refractivity contribution in [1.29, 1.82) is 0 Å². The second kappa shape index (κ2) is 6.67. The van der Waals surface area contributed by atoms with E-state index in [9.17, 15) is 0 Å². The van der Waals surface area contributed by atoms with E-state index in [1.54, 1.807) is 0 Å². The van der Waals surface area contributed by atoms with Crippen molar-refractivity contribution in [3.05, 3.63) is 59.7 Å². The van der Waals surface area contributed by atoms with Crippen molar-refractivity contribution in [3.8, 4) is 47.1 Å². The number of hydrogen-bond donors (Lipinski definition) is 0. The van der Waals surface area contributed by atoms with E-state index >= 15 is 0 Å². The molecule has 0 spiro atoms. The van der Waals surface area contributed by atoms with Crippen LogP contribution in [0.5, 0.6) is 0 Å². The van der Waals surface area contributed by atoms with Gasteiger partial charge in [-0.2, -0.15) is 0 Å². The Morgan fingerprint density at radius 1 is 0.840 bits per heavy atom. The highest BCUT2D eigenvalue weighted by Gasteiger charge is 2.15. The summed E-state index contributed by atoms with van der Waals surface area (Å²) in [6.07, 6.45) is 5.13. The summed E-state index contributed by atoms with van der Waals surface area (Å²) in [5.41, 5.74) is 3.97. The molecule has 0 bridgehead atoms. The van der Waals surface area contributed by atoms with Crippen LogP contribution in [-0.4, -0.2) is 10.2 Å². The molecule has 0 atom stereocenters. The van der Waals surface area contributed by atoms with Crippen LogP contribution in [0.1, 0.15) is 31.9 Å². The first kappa shape index (κ1) is 16.6. The molecule has 1 aromatic heterocycles. The monoisotopic (exact) mass is 326 g/mol. The molecule has 0 N–H and O–H groups in total. The van der Waals surface area contributed by atoms with Gasteiger partial charge in [0.15, 0.2) is 0 Å². The summed E-state index contributed by atoms with van der Waals surface area (Å²) in [5, 5.41) is 8.30. The second-order valence-electron chi connectivity index (χ2n) is 6.71. The van der Waals surface area contributed by atoms with E-state index in [-0.39, 0.29) is 5.41 Å². The standard InChI is InChI=1S/C22H18N2O/c1-5-6-7-16-8-10-17(11-9-16)20-23-24-21(25-20)18-12-14-19(15-13-18)22(2,3)4/h1,8-15H,2-4H3. The van der Waals surface area contributed by atoms with Gasteiger partial charge in [-0.1, -0.05) is 38.8 Å². The highest BCUT2D eigenvalue weighted by atomic mass is 16.4. The quantitative estimate of drug-likeness (QED) is 0.642. The lowest BCUT2D eigenvalue weighted by molar-refractivity contribution is 0.582. The van der Waals surface area contributed by atoms with Gasteiger partial charge in [-0.25, -0.2) is 0 Å². The maximum absolute atomic E-state index is 5.81. The summed E-state index contributed by atoms with van der Waals surface area (Å²) in [5.74, 6) is 8.74. The van der Waals surface area contributed by atoms with E-state index in [0.29, 0.717) is 11.8 Å². The van der Waals surface area contributed by atoms with Crippen LogP contribution in [-0.2, 0) is 5.41 Å². The fraction of sp³-hybridized carbons (Fsp3) is 0.182. The average Bonchev–Trinajstić information content (AvgIpc) is 3.10. The molecule has 2 aromatic carbocycles.